The lowest BCUT2D eigenvalue weighted by Crippen LogP contribution is -2.18. The minimum absolute atomic E-state index is 0.104. The minimum atomic E-state index is -4.87. The second-order valence-electron chi connectivity index (χ2n) is 6.24. The highest BCUT2D eigenvalue weighted by atomic mass is 19.4. The van der Waals surface area contributed by atoms with E-state index in [1.54, 1.807) is 0 Å². The van der Waals surface area contributed by atoms with Crippen molar-refractivity contribution in [2.45, 2.75) is 6.36 Å². The van der Waals surface area contributed by atoms with E-state index in [9.17, 15) is 26.7 Å². The van der Waals surface area contributed by atoms with E-state index in [4.69, 9.17) is 0 Å². The molecule has 2 aromatic carbocycles. The number of hydrogen-bond donors (Lipinski definition) is 0. The molecule has 31 heavy (non-hydrogen) atoms. The number of rotatable bonds is 4. The van der Waals surface area contributed by atoms with Crippen LogP contribution < -0.4 is 10.2 Å². The SMILES string of the molecule is O=c1ccn(-c2cccc(OC(F)(F)F)c2)nc1-c1ccnn1-c1ccc(F)cc1F. The second kappa shape index (κ2) is 7.67. The highest BCUT2D eigenvalue weighted by Crippen LogP contribution is 2.25. The molecule has 0 bridgehead atoms. The Morgan fingerprint density at radius 2 is 1.77 bits per heavy atom. The zero-order valence-electron chi connectivity index (χ0n) is 15.3. The third-order valence-corrected chi connectivity index (χ3v) is 4.15. The fourth-order valence-electron chi connectivity index (χ4n) is 2.88. The van der Waals surface area contributed by atoms with Gasteiger partial charge >= 0.3 is 6.36 Å². The molecule has 0 aliphatic carbocycles. The molecular weight excluding hydrogens is 423 g/mol. The normalized spacial score (nSPS) is 11.5. The van der Waals surface area contributed by atoms with Crippen molar-refractivity contribution in [2.24, 2.45) is 0 Å². The molecule has 2 aromatic heterocycles. The number of halogens is 5. The maximum absolute atomic E-state index is 14.2. The van der Waals surface area contributed by atoms with Crippen LogP contribution in [-0.2, 0) is 0 Å². The molecule has 0 aliphatic heterocycles. The van der Waals surface area contributed by atoms with Gasteiger partial charge in [-0.25, -0.2) is 18.1 Å². The van der Waals surface area contributed by atoms with Crippen LogP contribution in [0.4, 0.5) is 22.0 Å². The summed E-state index contributed by atoms with van der Waals surface area (Å²) in [7, 11) is 0. The van der Waals surface area contributed by atoms with Crippen molar-refractivity contribution in [1.29, 1.82) is 0 Å². The minimum Gasteiger partial charge on any atom is -0.406 e. The fraction of sp³-hybridized carbons (Fsp3) is 0.0500. The van der Waals surface area contributed by atoms with Gasteiger partial charge < -0.3 is 4.74 Å². The number of benzene rings is 2. The molecule has 0 aliphatic rings. The van der Waals surface area contributed by atoms with Gasteiger partial charge in [-0.05, 0) is 30.3 Å². The summed E-state index contributed by atoms with van der Waals surface area (Å²) in [6.45, 7) is 0. The van der Waals surface area contributed by atoms with Gasteiger partial charge in [0.1, 0.15) is 17.3 Å². The summed E-state index contributed by atoms with van der Waals surface area (Å²) in [5.41, 5.74) is -0.512. The lowest BCUT2D eigenvalue weighted by molar-refractivity contribution is -0.274. The van der Waals surface area contributed by atoms with Crippen molar-refractivity contribution in [3.63, 3.8) is 0 Å². The van der Waals surface area contributed by atoms with Crippen LogP contribution in [0.5, 0.6) is 5.75 Å². The summed E-state index contributed by atoms with van der Waals surface area (Å²) in [5, 5.41) is 8.14. The summed E-state index contributed by atoms with van der Waals surface area (Å²) in [6.07, 6.45) is -2.31. The Morgan fingerprint density at radius 3 is 2.52 bits per heavy atom. The molecule has 0 N–H and O–H groups in total. The molecule has 0 fully saturated rings. The molecule has 0 saturated carbocycles. The van der Waals surface area contributed by atoms with E-state index in [0.29, 0.717) is 6.07 Å². The molecule has 0 amide bonds. The summed E-state index contributed by atoms with van der Waals surface area (Å²) in [4.78, 5) is 12.4. The van der Waals surface area contributed by atoms with Gasteiger partial charge in [0.05, 0.1) is 17.6 Å². The van der Waals surface area contributed by atoms with Crippen LogP contribution in [0.3, 0.4) is 0 Å². The van der Waals surface area contributed by atoms with Gasteiger partial charge in [-0.1, -0.05) is 6.07 Å². The van der Waals surface area contributed by atoms with E-state index in [0.717, 1.165) is 35.0 Å². The van der Waals surface area contributed by atoms with Gasteiger partial charge in [0.2, 0.25) is 5.43 Å². The summed E-state index contributed by atoms with van der Waals surface area (Å²) in [5.74, 6) is -2.15. The lowest BCUT2D eigenvalue weighted by Gasteiger charge is -2.12. The fourth-order valence-corrected chi connectivity index (χ4v) is 2.88. The van der Waals surface area contributed by atoms with Crippen LogP contribution >= 0.6 is 0 Å². The van der Waals surface area contributed by atoms with Crippen molar-refractivity contribution >= 4 is 0 Å². The lowest BCUT2D eigenvalue weighted by atomic mass is 10.2. The quantitative estimate of drug-likeness (QED) is 0.451. The molecule has 0 unspecified atom stereocenters. The zero-order valence-corrected chi connectivity index (χ0v) is 15.3. The smallest absolute Gasteiger partial charge is 0.406 e. The highest BCUT2D eigenvalue weighted by molar-refractivity contribution is 5.57. The molecular formula is C20H11F5N4O2. The highest BCUT2D eigenvalue weighted by Gasteiger charge is 2.31. The number of alkyl halides is 3. The Labute approximate surface area is 170 Å². The summed E-state index contributed by atoms with van der Waals surface area (Å²) < 4.78 is 71.1. The van der Waals surface area contributed by atoms with Crippen LogP contribution in [0.25, 0.3) is 22.8 Å². The molecule has 0 atom stereocenters. The Morgan fingerprint density at radius 1 is 0.968 bits per heavy atom. The first-order chi connectivity index (χ1) is 14.7. The predicted octanol–water partition coefficient (Wildman–Crippen LogP) is 4.26. The van der Waals surface area contributed by atoms with Crippen LogP contribution in [-0.4, -0.2) is 25.9 Å². The predicted molar refractivity (Wildman–Crippen MR) is 99.0 cm³/mol. The molecule has 0 saturated heterocycles. The number of nitrogens with zero attached hydrogens (tertiary/aromatic N) is 4. The second-order valence-corrected chi connectivity index (χ2v) is 6.24. The largest absolute Gasteiger partial charge is 0.573 e. The molecule has 4 aromatic rings. The first kappa shape index (κ1) is 20.3. The van der Waals surface area contributed by atoms with E-state index >= 15 is 0 Å². The molecule has 0 radical (unpaired) electrons. The van der Waals surface area contributed by atoms with Gasteiger partial charge in [0.15, 0.2) is 11.5 Å². The van der Waals surface area contributed by atoms with Crippen molar-refractivity contribution in [3.8, 4) is 28.5 Å². The van der Waals surface area contributed by atoms with Crippen LogP contribution in [0, 0.1) is 11.6 Å². The van der Waals surface area contributed by atoms with Crippen molar-refractivity contribution < 1.29 is 26.7 Å². The topological polar surface area (TPSA) is 61.9 Å². The Bertz CT molecular complexity index is 1310. The molecule has 4 rings (SSSR count). The van der Waals surface area contributed by atoms with Gasteiger partial charge in [-0.15, -0.1) is 13.2 Å². The maximum atomic E-state index is 14.2. The molecule has 158 valence electrons. The van der Waals surface area contributed by atoms with Crippen molar-refractivity contribution in [2.75, 3.05) is 0 Å². The Kier molecular flexibility index (Phi) is 5.01. The van der Waals surface area contributed by atoms with Gasteiger partial charge in [-0.2, -0.15) is 10.2 Å². The molecule has 6 nitrogen and oxygen atoms in total. The Balaban J connectivity index is 1.79. The van der Waals surface area contributed by atoms with E-state index in [-0.39, 0.29) is 22.8 Å². The van der Waals surface area contributed by atoms with Gasteiger partial charge in [0.25, 0.3) is 0 Å². The van der Waals surface area contributed by atoms with E-state index in [2.05, 4.69) is 14.9 Å². The monoisotopic (exact) mass is 434 g/mol. The standard InChI is InChI=1S/C20H11F5N4O2/c21-12-4-5-16(15(22)10-12)29-17(6-8-26-29)19-18(30)7-9-28(27-19)13-2-1-3-14(11-13)31-20(23,24)25/h1-11H. The van der Waals surface area contributed by atoms with E-state index < -0.39 is 29.2 Å². The maximum Gasteiger partial charge on any atom is 0.573 e. The molecule has 11 heteroatoms. The average Bonchev–Trinajstić information content (AvgIpc) is 3.16. The average molecular weight is 434 g/mol. The van der Waals surface area contributed by atoms with Gasteiger partial charge in [-0.3, -0.25) is 4.79 Å². The van der Waals surface area contributed by atoms with Crippen LogP contribution in [0.1, 0.15) is 0 Å². The third-order valence-electron chi connectivity index (χ3n) is 4.15. The number of hydrogen-bond acceptors (Lipinski definition) is 4. The van der Waals surface area contributed by atoms with Crippen molar-refractivity contribution in [1.82, 2.24) is 19.6 Å². The first-order valence-corrected chi connectivity index (χ1v) is 8.67. The number of aromatic nitrogens is 4. The van der Waals surface area contributed by atoms with E-state index in [1.165, 1.54) is 35.3 Å². The van der Waals surface area contributed by atoms with Crippen LogP contribution in [0.2, 0.25) is 0 Å². The first-order valence-electron chi connectivity index (χ1n) is 8.67. The van der Waals surface area contributed by atoms with Gasteiger partial charge in [0, 0.05) is 24.4 Å². The third kappa shape index (κ3) is 4.29. The van der Waals surface area contributed by atoms with E-state index in [1.807, 2.05) is 0 Å². The molecule has 2 heterocycles. The summed E-state index contributed by atoms with van der Waals surface area (Å²) in [6, 6.07) is 10.4. The zero-order chi connectivity index (χ0) is 22.2. The number of ether oxygens (including phenoxy) is 1. The molecule has 0 spiro atoms. The summed E-state index contributed by atoms with van der Waals surface area (Å²) >= 11 is 0. The van der Waals surface area contributed by atoms with Crippen molar-refractivity contribution in [3.05, 3.63) is 88.8 Å². The van der Waals surface area contributed by atoms with Crippen LogP contribution in [0.15, 0.2) is 71.8 Å². The Hall–Kier alpha value is -4.02.